The summed E-state index contributed by atoms with van der Waals surface area (Å²) in [7, 11) is 0. The van der Waals surface area contributed by atoms with Gasteiger partial charge < -0.3 is 5.11 Å². The van der Waals surface area contributed by atoms with Crippen LogP contribution in [0.3, 0.4) is 0 Å². The summed E-state index contributed by atoms with van der Waals surface area (Å²) in [6, 6.07) is 21.1. The number of aromatic carboxylic acids is 1. The lowest BCUT2D eigenvalue weighted by atomic mass is 9.85. The Kier molecular flexibility index (Phi) is 5.11. The first-order chi connectivity index (χ1) is 16.0. The van der Waals surface area contributed by atoms with Crippen LogP contribution in [0, 0.1) is 0 Å². The first-order valence-electron chi connectivity index (χ1n) is 10.4. The maximum atomic E-state index is 11.7. The minimum atomic E-state index is -0.951. The molecule has 33 heavy (non-hydrogen) atoms. The minimum absolute atomic E-state index is 0.230. The van der Waals surface area contributed by atoms with Crippen LogP contribution in [0.25, 0.3) is 32.6 Å². The molecule has 6 heteroatoms. The third kappa shape index (κ3) is 3.83. The molecule has 4 aromatic carbocycles. The van der Waals surface area contributed by atoms with Crippen molar-refractivity contribution >= 4 is 50.1 Å². The van der Waals surface area contributed by atoms with Crippen molar-refractivity contribution in [3.8, 4) is 0 Å². The lowest BCUT2D eigenvalue weighted by Gasteiger charge is -2.17. The van der Waals surface area contributed by atoms with Crippen LogP contribution in [0.2, 0.25) is 0 Å². The van der Waals surface area contributed by atoms with Gasteiger partial charge in [-0.1, -0.05) is 48.5 Å². The van der Waals surface area contributed by atoms with E-state index in [0.717, 1.165) is 21.9 Å². The Bertz CT molecular complexity index is 1590. The quantitative estimate of drug-likeness (QED) is 0.307. The molecular weight excluding hydrogens is 416 g/mol. The van der Waals surface area contributed by atoms with Crippen molar-refractivity contribution < 1.29 is 19.5 Å². The van der Waals surface area contributed by atoms with Crippen LogP contribution in [0.1, 0.15) is 21.5 Å². The van der Waals surface area contributed by atoms with E-state index in [1.54, 1.807) is 12.3 Å². The second kappa shape index (κ2) is 8.24. The van der Waals surface area contributed by atoms with E-state index in [1.165, 1.54) is 29.1 Å². The Hall–Kier alpha value is -4.45. The van der Waals surface area contributed by atoms with Crippen LogP contribution in [0.4, 0.5) is 0 Å². The number of carbonyl (C=O) groups is 3. The van der Waals surface area contributed by atoms with E-state index in [2.05, 4.69) is 40.3 Å². The average molecular weight is 434 g/mol. The molecule has 1 aliphatic rings. The number of Topliss-reactive ketones (excluding diaryl/α,β-unsaturated/α-hetero) is 2. The second-order valence-electron chi connectivity index (χ2n) is 7.85. The fourth-order valence-electron chi connectivity index (χ4n) is 4.20. The second-order valence-corrected chi connectivity index (χ2v) is 7.85. The van der Waals surface area contributed by atoms with Crippen LogP contribution < -0.4 is 0 Å². The van der Waals surface area contributed by atoms with E-state index in [4.69, 9.17) is 5.11 Å². The van der Waals surface area contributed by atoms with Gasteiger partial charge >= 0.3 is 5.97 Å². The number of carbonyl (C=O) groups excluding carboxylic acids is 2. The van der Waals surface area contributed by atoms with Crippen molar-refractivity contribution in [1.82, 2.24) is 9.97 Å². The first-order valence-corrected chi connectivity index (χ1v) is 10.4. The zero-order valence-electron chi connectivity index (χ0n) is 17.5. The van der Waals surface area contributed by atoms with Gasteiger partial charge in [-0.25, -0.2) is 4.79 Å². The summed E-state index contributed by atoms with van der Waals surface area (Å²) in [5.41, 5.74) is 3.55. The minimum Gasteiger partial charge on any atom is -0.478 e. The molecule has 1 N–H and O–H groups in total. The summed E-state index contributed by atoms with van der Waals surface area (Å²) in [6.45, 7) is 0. The number of fused-ring (bicyclic) bond motifs is 6. The van der Waals surface area contributed by atoms with Crippen molar-refractivity contribution in [3.63, 3.8) is 0 Å². The number of aromatic nitrogens is 2. The van der Waals surface area contributed by atoms with Crippen molar-refractivity contribution in [1.29, 1.82) is 0 Å². The Morgan fingerprint density at radius 1 is 0.727 bits per heavy atom. The van der Waals surface area contributed by atoms with Crippen LogP contribution in [-0.2, 0) is 22.4 Å². The zero-order valence-corrected chi connectivity index (χ0v) is 17.5. The predicted molar refractivity (Wildman–Crippen MR) is 125 cm³/mol. The molecule has 0 unspecified atom stereocenters. The van der Waals surface area contributed by atoms with Crippen molar-refractivity contribution in [2.45, 2.75) is 12.8 Å². The van der Waals surface area contributed by atoms with Crippen LogP contribution in [0.15, 0.2) is 79.1 Å². The Balaban J connectivity index is 0.000000152. The Morgan fingerprint density at radius 2 is 1.45 bits per heavy atom. The number of carboxylic acid groups (broad SMARTS) is 1. The highest BCUT2D eigenvalue weighted by Crippen LogP contribution is 2.31. The van der Waals surface area contributed by atoms with Crippen molar-refractivity contribution in [2.75, 3.05) is 0 Å². The van der Waals surface area contributed by atoms with E-state index in [-0.39, 0.29) is 30.0 Å². The van der Waals surface area contributed by atoms with E-state index in [0.29, 0.717) is 11.0 Å². The van der Waals surface area contributed by atoms with Gasteiger partial charge in [0.25, 0.3) is 0 Å². The molecule has 0 aliphatic heterocycles. The Labute approximate surface area is 188 Å². The molecule has 5 aromatic rings. The summed E-state index contributed by atoms with van der Waals surface area (Å²) in [5, 5.41) is 13.3. The van der Waals surface area contributed by atoms with Gasteiger partial charge in [0.05, 0.1) is 16.6 Å². The molecule has 0 spiro atoms. The number of hydrogen-bond acceptors (Lipinski definition) is 5. The van der Waals surface area contributed by atoms with Gasteiger partial charge in [-0.15, -0.1) is 0 Å². The summed E-state index contributed by atoms with van der Waals surface area (Å²) < 4.78 is 0. The molecule has 0 fully saturated rings. The van der Waals surface area contributed by atoms with Crippen LogP contribution >= 0.6 is 0 Å². The molecule has 0 bridgehead atoms. The lowest BCUT2D eigenvalue weighted by Crippen LogP contribution is -2.25. The van der Waals surface area contributed by atoms with Crippen molar-refractivity contribution in [3.05, 3.63) is 95.8 Å². The SMILES string of the molecule is O=C(O)c1ccc2nccnc2c1.O=C1Cc2ccc3c(ccc4ccccc43)c2CC1=O. The number of hydrogen-bond donors (Lipinski definition) is 1. The zero-order chi connectivity index (χ0) is 22.9. The largest absolute Gasteiger partial charge is 0.478 e. The molecule has 6 rings (SSSR count). The van der Waals surface area contributed by atoms with Gasteiger partial charge in [0, 0.05) is 25.2 Å². The topological polar surface area (TPSA) is 97.2 Å². The van der Waals surface area contributed by atoms with Gasteiger partial charge in [-0.2, -0.15) is 0 Å². The van der Waals surface area contributed by atoms with Crippen LogP contribution in [-0.4, -0.2) is 32.6 Å². The summed E-state index contributed by atoms with van der Waals surface area (Å²) in [6.07, 6.45) is 3.59. The molecule has 0 radical (unpaired) electrons. The summed E-state index contributed by atoms with van der Waals surface area (Å²) in [5.74, 6) is -1.48. The highest BCUT2D eigenvalue weighted by molar-refractivity contribution is 6.39. The monoisotopic (exact) mass is 434 g/mol. The molecule has 0 amide bonds. The maximum Gasteiger partial charge on any atom is 0.335 e. The van der Waals surface area contributed by atoms with E-state index in [1.807, 2.05) is 18.2 Å². The highest BCUT2D eigenvalue weighted by atomic mass is 16.4. The molecule has 0 saturated heterocycles. The fraction of sp³-hybridized carbons (Fsp3) is 0.0741. The molecule has 0 saturated carbocycles. The first kappa shape index (κ1) is 20.5. The average Bonchev–Trinajstić information content (AvgIpc) is 2.84. The Morgan fingerprint density at radius 3 is 2.27 bits per heavy atom. The third-order valence-electron chi connectivity index (χ3n) is 5.85. The van der Waals surface area contributed by atoms with Gasteiger partial charge in [0.2, 0.25) is 11.6 Å². The molecule has 1 heterocycles. The van der Waals surface area contributed by atoms with Crippen molar-refractivity contribution in [2.24, 2.45) is 0 Å². The number of nitrogens with zero attached hydrogens (tertiary/aromatic N) is 2. The van der Waals surface area contributed by atoms with Gasteiger partial charge in [-0.3, -0.25) is 19.6 Å². The lowest BCUT2D eigenvalue weighted by molar-refractivity contribution is -0.136. The standard InChI is InChI=1S/C18H12O2.C9H6N2O2/c19-17-9-12-6-8-14-13-4-2-1-3-11(13)5-7-15(14)16(12)10-18(17)20;12-9(13)6-1-2-7-8(5-6)11-4-3-10-7/h1-8H,9-10H2;1-5H,(H,12,13). The molecule has 1 aliphatic carbocycles. The number of ketones is 2. The summed E-state index contributed by atoms with van der Waals surface area (Å²) in [4.78, 5) is 41.9. The highest BCUT2D eigenvalue weighted by Gasteiger charge is 2.25. The molecule has 1 aromatic heterocycles. The molecule has 6 nitrogen and oxygen atoms in total. The molecular formula is C27H18N2O4. The number of rotatable bonds is 1. The van der Waals surface area contributed by atoms with Gasteiger partial charge in [-0.05, 0) is 50.9 Å². The summed E-state index contributed by atoms with van der Waals surface area (Å²) >= 11 is 0. The number of carboxylic acids is 1. The normalized spacial score (nSPS) is 13.0. The smallest absolute Gasteiger partial charge is 0.335 e. The molecule has 160 valence electrons. The van der Waals surface area contributed by atoms with E-state index < -0.39 is 5.97 Å². The predicted octanol–water partition coefficient (Wildman–Crippen LogP) is 4.56. The van der Waals surface area contributed by atoms with E-state index >= 15 is 0 Å². The molecule has 0 atom stereocenters. The van der Waals surface area contributed by atoms with E-state index in [9.17, 15) is 14.4 Å². The third-order valence-corrected chi connectivity index (χ3v) is 5.85. The van der Waals surface area contributed by atoms with Crippen LogP contribution in [0.5, 0.6) is 0 Å². The van der Waals surface area contributed by atoms with Gasteiger partial charge in [0.1, 0.15) is 0 Å². The fourth-order valence-corrected chi connectivity index (χ4v) is 4.20. The van der Waals surface area contributed by atoms with Gasteiger partial charge in [0.15, 0.2) is 0 Å². The number of benzene rings is 4. The maximum absolute atomic E-state index is 11.7.